The molecule has 1 aliphatic carbocycles. The molecule has 4 rings (SSSR count). The molecular weight excluding hydrogens is 374 g/mol. The van der Waals surface area contributed by atoms with Crippen LogP contribution in [0.25, 0.3) is 0 Å². The third kappa shape index (κ3) is 5.53. The van der Waals surface area contributed by atoms with Gasteiger partial charge in [-0.2, -0.15) is 0 Å². The van der Waals surface area contributed by atoms with Crippen LogP contribution in [-0.2, 0) is 24.5 Å². The highest BCUT2D eigenvalue weighted by Crippen LogP contribution is 2.27. The predicted octanol–water partition coefficient (Wildman–Crippen LogP) is 5.97. The zero-order valence-electron chi connectivity index (χ0n) is 17.3. The van der Waals surface area contributed by atoms with Crippen LogP contribution >= 0.6 is 0 Å². The number of benzene rings is 2. The van der Waals surface area contributed by atoms with Crippen molar-refractivity contribution in [3.05, 3.63) is 89.9 Å². The third-order valence-corrected chi connectivity index (χ3v) is 5.71. The Bertz CT molecular complexity index is 914. The molecule has 4 nitrogen and oxygen atoms in total. The van der Waals surface area contributed by atoms with Crippen LogP contribution in [0, 0.1) is 5.92 Å². The van der Waals surface area contributed by atoms with Gasteiger partial charge in [-0.1, -0.05) is 61.7 Å². The summed E-state index contributed by atoms with van der Waals surface area (Å²) in [6.07, 6.45) is 7.18. The van der Waals surface area contributed by atoms with Crippen molar-refractivity contribution in [2.45, 2.75) is 51.8 Å². The molecule has 1 saturated carbocycles. The third-order valence-electron chi connectivity index (χ3n) is 5.71. The Kier molecular flexibility index (Phi) is 6.86. The molecular formula is C26H29NO3. The molecule has 1 aliphatic rings. The van der Waals surface area contributed by atoms with Gasteiger partial charge in [-0.15, -0.1) is 0 Å². The highest BCUT2D eigenvalue weighted by molar-refractivity contribution is 5.78. The quantitative estimate of drug-likeness (QED) is 0.465. The first-order chi connectivity index (χ1) is 14.8. The highest BCUT2D eigenvalue weighted by Gasteiger charge is 2.26. The highest BCUT2D eigenvalue weighted by atomic mass is 16.5. The van der Waals surface area contributed by atoms with E-state index in [1.54, 1.807) is 6.26 Å². The van der Waals surface area contributed by atoms with Gasteiger partial charge >= 0.3 is 0 Å². The minimum absolute atomic E-state index is 0.131. The van der Waals surface area contributed by atoms with E-state index >= 15 is 0 Å². The summed E-state index contributed by atoms with van der Waals surface area (Å²) in [5.41, 5.74) is 2.20. The lowest BCUT2D eigenvalue weighted by atomic mass is 9.88. The number of amides is 1. The lowest BCUT2D eigenvalue weighted by molar-refractivity contribution is -0.138. The van der Waals surface area contributed by atoms with Gasteiger partial charge in [0.05, 0.1) is 12.8 Å². The van der Waals surface area contributed by atoms with Crippen LogP contribution in [-0.4, -0.2) is 10.8 Å². The fourth-order valence-corrected chi connectivity index (χ4v) is 4.11. The molecule has 0 atom stereocenters. The van der Waals surface area contributed by atoms with Crippen molar-refractivity contribution in [1.29, 1.82) is 0 Å². The molecule has 0 saturated heterocycles. The van der Waals surface area contributed by atoms with Crippen LogP contribution in [0.3, 0.4) is 0 Å². The minimum atomic E-state index is 0.131. The number of ether oxygens (including phenoxy) is 1. The average Bonchev–Trinajstić information content (AvgIpc) is 3.32. The van der Waals surface area contributed by atoms with Crippen LogP contribution in [0.1, 0.15) is 49.0 Å². The second-order valence-corrected chi connectivity index (χ2v) is 8.03. The van der Waals surface area contributed by atoms with Crippen LogP contribution in [0.15, 0.2) is 77.4 Å². The van der Waals surface area contributed by atoms with Gasteiger partial charge in [0.1, 0.15) is 18.1 Å². The van der Waals surface area contributed by atoms with Crippen molar-refractivity contribution in [2.24, 2.45) is 5.92 Å². The van der Waals surface area contributed by atoms with Crippen LogP contribution in [0.5, 0.6) is 5.75 Å². The van der Waals surface area contributed by atoms with Crippen molar-refractivity contribution in [2.75, 3.05) is 0 Å². The lowest BCUT2D eigenvalue weighted by Gasteiger charge is -2.29. The number of rotatable bonds is 8. The minimum Gasteiger partial charge on any atom is -0.489 e. The predicted molar refractivity (Wildman–Crippen MR) is 117 cm³/mol. The molecule has 156 valence electrons. The summed E-state index contributed by atoms with van der Waals surface area (Å²) in [6.45, 7) is 1.58. The number of carbonyl (C=O) groups is 1. The average molecular weight is 404 g/mol. The van der Waals surface area contributed by atoms with Gasteiger partial charge in [-0.25, -0.2) is 0 Å². The van der Waals surface area contributed by atoms with E-state index in [4.69, 9.17) is 9.15 Å². The van der Waals surface area contributed by atoms with E-state index in [1.807, 2.05) is 53.4 Å². The SMILES string of the molecule is O=C(C1CCCCC1)N(Cc1cccc(OCc2ccccc2)c1)Cc1ccco1. The number of furan rings is 1. The van der Waals surface area contributed by atoms with Crippen LogP contribution in [0.4, 0.5) is 0 Å². The fourth-order valence-electron chi connectivity index (χ4n) is 4.11. The molecule has 30 heavy (non-hydrogen) atoms. The first-order valence-corrected chi connectivity index (χ1v) is 10.8. The topological polar surface area (TPSA) is 42.7 Å². The van der Waals surface area contributed by atoms with Crippen molar-refractivity contribution < 1.29 is 13.9 Å². The Morgan fingerprint density at radius 3 is 2.47 bits per heavy atom. The molecule has 1 fully saturated rings. The van der Waals surface area contributed by atoms with E-state index < -0.39 is 0 Å². The molecule has 1 aromatic heterocycles. The molecule has 3 aromatic rings. The van der Waals surface area contributed by atoms with Crippen LogP contribution in [0.2, 0.25) is 0 Å². The molecule has 0 unspecified atom stereocenters. The summed E-state index contributed by atoms with van der Waals surface area (Å²) in [4.78, 5) is 15.2. The van der Waals surface area contributed by atoms with Crippen molar-refractivity contribution in [3.63, 3.8) is 0 Å². The summed E-state index contributed by atoms with van der Waals surface area (Å²) in [7, 11) is 0. The molecule has 1 heterocycles. The van der Waals surface area contributed by atoms with E-state index in [2.05, 4.69) is 18.2 Å². The van der Waals surface area contributed by atoms with Gasteiger partial charge in [0, 0.05) is 12.5 Å². The molecule has 4 heteroatoms. The zero-order valence-corrected chi connectivity index (χ0v) is 17.3. The van der Waals surface area contributed by atoms with Gasteiger partial charge in [0.25, 0.3) is 0 Å². The Balaban J connectivity index is 1.45. The van der Waals surface area contributed by atoms with Gasteiger partial charge in [0.2, 0.25) is 5.91 Å². The Hall–Kier alpha value is -3.01. The number of carbonyl (C=O) groups excluding carboxylic acids is 1. The Morgan fingerprint density at radius 1 is 0.900 bits per heavy atom. The molecule has 0 N–H and O–H groups in total. The van der Waals surface area contributed by atoms with Crippen molar-refractivity contribution in [1.82, 2.24) is 4.90 Å². The molecule has 0 spiro atoms. The normalized spacial score (nSPS) is 14.4. The maximum atomic E-state index is 13.3. The standard InChI is InChI=1S/C26H29NO3/c28-26(23-12-5-2-6-13-23)27(19-25-15-8-16-29-25)18-22-11-7-14-24(17-22)30-20-21-9-3-1-4-10-21/h1,3-4,7-11,14-17,23H,2,5-6,12-13,18-20H2. The number of nitrogens with zero attached hydrogens (tertiary/aromatic N) is 1. The van der Waals surface area contributed by atoms with E-state index in [1.165, 1.54) is 6.42 Å². The van der Waals surface area contributed by atoms with Gasteiger partial charge in [0.15, 0.2) is 0 Å². The van der Waals surface area contributed by atoms with E-state index in [9.17, 15) is 4.79 Å². The maximum absolute atomic E-state index is 13.3. The lowest BCUT2D eigenvalue weighted by Crippen LogP contribution is -2.36. The molecule has 0 bridgehead atoms. The second kappa shape index (κ2) is 10.1. The first kappa shape index (κ1) is 20.3. The Labute approximate surface area is 178 Å². The number of hydrogen-bond acceptors (Lipinski definition) is 3. The molecule has 0 aliphatic heterocycles. The van der Waals surface area contributed by atoms with Gasteiger partial charge < -0.3 is 14.1 Å². The molecule has 2 aromatic carbocycles. The van der Waals surface area contributed by atoms with E-state index in [-0.39, 0.29) is 11.8 Å². The first-order valence-electron chi connectivity index (χ1n) is 10.8. The summed E-state index contributed by atoms with van der Waals surface area (Å²) in [5.74, 6) is 2.00. The van der Waals surface area contributed by atoms with Gasteiger partial charge in [-0.05, 0) is 48.2 Å². The largest absolute Gasteiger partial charge is 0.489 e. The second-order valence-electron chi connectivity index (χ2n) is 8.03. The summed E-state index contributed by atoms with van der Waals surface area (Å²) >= 11 is 0. The summed E-state index contributed by atoms with van der Waals surface area (Å²) < 4.78 is 11.5. The van der Waals surface area contributed by atoms with Crippen molar-refractivity contribution >= 4 is 5.91 Å². The zero-order chi connectivity index (χ0) is 20.6. The van der Waals surface area contributed by atoms with E-state index in [0.717, 1.165) is 48.3 Å². The maximum Gasteiger partial charge on any atom is 0.226 e. The summed E-state index contributed by atoms with van der Waals surface area (Å²) in [6, 6.07) is 22.0. The monoisotopic (exact) mass is 403 g/mol. The number of hydrogen-bond donors (Lipinski definition) is 0. The fraction of sp³-hybridized carbons (Fsp3) is 0.346. The van der Waals surface area contributed by atoms with Crippen molar-refractivity contribution in [3.8, 4) is 5.75 Å². The van der Waals surface area contributed by atoms with E-state index in [0.29, 0.717) is 19.7 Å². The smallest absolute Gasteiger partial charge is 0.226 e. The van der Waals surface area contributed by atoms with Gasteiger partial charge in [-0.3, -0.25) is 4.79 Å². The molecule has 1 amide bonds. The van der Waals surface area contributed by atoms with Crippen LogP contribution < -0.4 is 4.74 Å². The summed E-state index contributed by atoms with van der Waals surface area (Å²) in [5, 5.41) is 0. The molecule has 0 radical (unpaired) electrons. The Morgan fingerprint density at radius 2 is 1.70 bits per heavy atom.